The first-order valence-electron chi connectivity index (χ1n) is 9.36. The number of benzene rings is 2. The Bertz CT molecular complexity index is 1100. The number of rotatable bonds is 6. The maximum absolute atomic E-state index is 13.3. The summed E-state index contributed by atoms with van der Waals surface area (Å²) in [4.78, 5) is 38.3. The van der Waals surface area contributed by atoms with E-state index in [-0.39, 0.29) is 10.5 Å². The number of amides is 2. The van der Waals surface area contributed by atoms with E-state index in [0.717, 1.165) is 50.1 Å². The molecule has 34 heavy (non-hydrogen) atoms. The van der Waals surface area contributed by atoms with E-state index in [2.05, 4.69) is 9.47 Å². The molecule has 13 heteroatoms. The SMILES string of the molecule is CCSc1cc(C(F)(F)F)ccc1C(=O)N(C(C)=O)c1ccc(OC(F)(F)F)cc1C(=O)OC. The van der Waals surface area contributed by atoms with Gasteiger partial charge in [-0.15, -0.1) is 24.9 Å². The van der Waals surface area contributed by atoms with Gasteiger partial charge < -0.3 is 9.47 Å². The predicted molar refractivity (Wildman–Crippen MR) is 110 cm³/mol. The summed E-state index contributed by atoms with van der Waals surface area (Å²) in [6, 6.07) is 4.56. The normalized spacial score (nSPS) is 11.7. The molecule has 0 spiro atoms. The van der Waals surface area contributed by atoms with Gasteiger partial charge in [0.25, 0.3) is 5.91 Å². The molecule has 6 nitrogen and oxygen atoms in total. The van der Waals surface area contributed by atoms with Crippen LogP contribution in [0.15, 0.2) is 41.3 Å². The summed E-state index contributed by atoms with van der Waals surface area (Å²) in [6.07, 6.45) is -9.77. The topological polar surface area (TPSA) is 72.9 Å². The molecular weight excluding hydrogens is 492 g/mol. The Balaban J connectivity index is 2.66. The smallest absolute Gasteiger partial charge is 0.465 e. The molecule has 184 valence electrons. The van der Waals surface area contributed by atoms with Crippen LogP contribution in [0.25, 0.3) is 0 Å². The van der Waals surface area contributed by atoms with Gasteiger partial charge in [0.1, 0.15) is 5.75 Å². The fourth-order valence-electron chi connectivity index (χ4n) is 2.87. The molecule has 0 saturated heterocycles. The van der Waals surface area contributed by atoms with Crippen molar-refractivity contribution in [2.24, 2.45) is 0 Å². The first-order valence-corrected chi connectivity index (χ1v) is 10.3. The van der Waals surface area contributed by atoms with Crippen LogP contribution in [-0.4, -0.2) is 37.0 Å². The molecule has 2 amide bonds. The summed E-state index contributed by atoms with van der Waals surface area (Å²) in [7, 11) is 0.926. The molecule has 0 aromatic heterocycles. The molecule has 0 saturated carbocycles. The number of halogens is 6. The number of carbonyl (C=O) groups is 3. The van der Waals surface area contributed by atoms with Crippen molar-refractivity contribution in [2.45, 2.75) is 31.3 Å². The minimum Gasteiger partial charge on any atom is -0.465 e. The third-order valence-electron chi connectivity index (χ3n) is 4.20. The Hall–Kier alpha value is -3.22. The van der Waals surface area contributed by atoms with Gasteiger partial charge in [-0.1, -0.05) is 6.92 Å². The minimum atomic E-state index is -5.09. The highest BCUT2D eigenvalue weighted by atomic mass is 32.2. The maximum atomic E-state index is 13.3. The number of ether oxygens (including phenoxy) is 2. The van der Waals surface area contributed by atoms with Gasteiger partial charge in [-0.3, -0.25) is 9.59 Å². The van der Waals surface area contributed by atoms with Crippen LogP contribution in [0.5, 0.6) is 5.75 Å². The van der Waals surface area contributed by atoms with E-state index in [1.54, 1.807) is 6.92 Å². The Kier molecular flexibility index (Phi) is 8.24. The van der Waals surface area contributed by atoms with Crippen LogP contribution in [0, 0.1) is 0 Å². The van der Waals surface area contributed by atoms with E-state index < -0.39 is 52.9 Å². The van der Waals surface area contributed by atoms with Crippen molar-refractivity contribution < 1.29 is 50.2 Å². The van der Waals surface area contributed by atoms with Gasteiger partial charge >= 0.3 is 18.5 Å². The van der Waals surface area contributed by atoms with Crippen LogP contribution < -0.4 is 9.64 Å². The number of carbonyl (C=O) groups excluding carboxylic acids is 3. The summed E-state index contributed by atoms with van der Waals surface area (Å²) in [6.45, 7) is 2.58. The van der Waals surface area contributed by atoms with Crippen molar-refractivity contribution in [3.8, 4) is 5.75 Å². The van der Waals surface area contributed by atoms with E-state index in [4.69, 9.17) is 0 Å². The number of anilines is 1. The molecule has 0 N–H and O–H groups in total. The van der Waals surface area contributed by atoms with E-state index >= 15 is 0 Å². The second-order valence-electron chi connectivity index (χ2n) is 6.52. The highest BCUT2D eigenvalue weighted by Gasteiger charge is 2.35. The summed E-state index contributed by atoms with van der Waals surface area (Å²) in [5.41, 5.74) is -2.34. The number of thioether (sulfide) groups is 1. The van der Waals surface area contributed by atoms with Crippen molar-refractivity contribution in [2.75, 3.05) is 17.8 Å². The van der Waals surface area contributed by atoms with E-state index in [0.29, 0.717) is 22.8 Å². The van der Waals surface area contributed by atoms with Crippen molar-refractivity contribution in [1.29, 1.82) is 0 Å². The Morgan fingerprint density at radius 2 is 1.62 bits per heavy atom. The Labute approximate surface area is 193 Å². The van der Waals surface area contributed by atoms with Crippen LogP contribution in [0.3, 0.4) is 0 Å². The van der Waals surface area contributed by atoms with Crippen LogP contribution in [-0.2, 0) is 15.7 Å². The number of hydrogen-bond donors (Lipinski definition) is 0. The second kappa shape index (κ2) is 10.4. The largest absolute Gasteiger partial charge is 0.573 e. The highest BCUT2D eigenvalue weighted by molar-refractivity contribution is 7.99. The molecule has 0 heterocycles. The third-order valence-corrected chi connectivity index (χ3v) is 5.14. The van der Waals surface area contributed by atoms with Crippen LogP contribution >= 0.6 is 11.8 Å². The average Bonchev–Trinajstić information content (AvgIpc) is 2.72. The van der Waals surface area contributed by atoms with Gasteiger partial charge in [0.05, 0.1) is 29.5 Å². The Morgan fingerprint density at radius 1 is 0.971 bits per heavy atom. The lowest BCUT2D eigenvalue weighted by molar-refractivity contribution is -0.274. The number of methoxy groups -OCH3 is 1. The molecular formula is C21H17F6NO5S. The molecule has 2 rings (SSSR count). The lowest BCUT2D eigenvalue weighted by atomic mass is 10.1. The third kappa shape index (κ3) is 6.43. The fourth-order valence-corrected chi connectivity index (χ4v) is 3.71. The molecule has 0 bridgehead atoms. The number of imide groups is 1. The van der Waals surface area contributed by atoms with Crippen LogP contribution in [0.2, 0.25) is 0 Å². The van der Waals surface area contributed by atoms with Crippen molar-refractivity contribution in [3.05, 3.63) is 53.1 Å². The summed E-state index contributed by atoms with van der Waals surface area (Å²) in [5, 5.41) is 0. The lowest BCUT2D eigenvalue weighted by Gasteiger charge is -2.23. The minimum absolute atomic E-state index is 0.0785. The zero-order valence-electron chi connectivity index (χ0n) is 17.8. The van der Waals surface area contributed by atoms with Gasteiger partial charge in [0.2, 0.25) is 5.91 Å². The molecule has 2 aromatic carbocycles. The van der Waals surface area contributed by atoms with Crippen molar-refractivity contribution >= 4 is 35.2 Å². The second-order valence-corrected chi connectivity index (χ2v) is 7.83. The van der Waals surface area contributed by atoms with Crippen LogP contribution in [0.1, 0.15) is 40.1 Å². The Morgan fingerprint density at radius 3 is 2.12 bits per heavy atom. The number of nitrogens with zero attached hydrogens (tertiary/aromatic N) is 1. The molecule has 0 radical (unpaired) electrons. The van der Waals surface area contributed by atoms with E-state index in [9.17, 15) is 40.7 Å². The van der Waals surface area contributed by atoms with Crippen LogP contribution in [0.4, 0.5) is 32.0 Å². The van der Waals surface area contributed by atoms with Gasteiger partial charge in [-0.25, -0.2) is 9.69 Å². The number of esters is 1. The molecule has 0 fully saturated rings. The molecule has 0 unspecified atom stereocenters. The molecule has 0 atom stereocenters. The quantitative estimate of drug-likeness (QED) is 0.283. The van der Waals surface area contributed by atoms with Crippen molar-refractivity contribution in [3.63, 3.8) is 0 Å². The first kappa shape index (κ1) is 27.0. The molecule has 2 aromatic rings. The number of hydrogen-bond acceptors (Lipinski definition) is 6. The van der Waals surface area contributed by atoms with E-state index in [1.165, 1.54) is 0 Å². The zero-order chi connectivity index (χ0) is 25.8. The predicted octanol–water partition coefficient (Wildman–Crippen LogP) is 5.70. The highest BCUT2D eigenvalue weighted by Crippen LogP contribution is 2.36. The molecule has 0 aliphatic rings. The van der Waals surface area contributed by atoms with Crippen molar-refractivity contribution in [1.82, 2.24) is 0 Å². The van der Waals surface area contributed by atoms with Gasteiger partial charge in [-0.05, 0) is 42.2 Å². The standard InChI is InChI=1S/C21H17F6NO5S/c1-4-34-17-9-12(20(22,23)24)5-7-14(17)18(30)28(11(2)29)16-8-6-13(33-21(25,26)27)10-15(16)19(31)32-3/h5-10H,4H2,1-3H3. The summed E-state index contributed by atoms with van der Waals surface area (Å²) >= 11 is 0.913. The average molecular weight is 509 g/mol. The maximum Gasteiger partial charge on any atom is 0.573 e. The van der Waals surface area contributed by atoms with Gasteiger partial charge in [-0.2, -0.15) is 13.2 Å². The first-order chi connectivity index (χ1) is 15.7. The monoisotopic (exact) mass is 509 g/mol. The fraction of sp³-hybridized carbons (Fsp3) is 0.286. The van der Waals surface area contributed by atoms with Gasteiger partial charge in [0.15, 0.2) is 0 Å². The molecule has 0 aliphatic carbocycles. The van der Waals surface area contributed by atoms with E-state index in [1.807, 2.05) is 0 Å². The zero-order valence-corrected chi connectivity index (χ0v) is 18.7. The number of alkyl halides is 6. The summed E-state index contributed by atoms with van der Waals surface area (Å²) in [5.74, 6) is -3.75. The summed E-state index contributed by atoms with van der Waals surface area (Å²) < 4.78 is 85.4. The molecule has 0 aliphatic heterocycles. The van der Waals surface area contributed by atoms with Gasteiger partial charge in [0, 0.05) is 11.8 Å². The lowest BCUT2D eigenvalue weighted by Crippen LogP contribution is -2.37.